The van der Waals surface area contributed by atoms with Gasteiger partial charge in [-0.05, 0) is 62.5 Å². The minimum absolute atomic E-state index is 0.133. The van der Waals surface area contributed by atoms with Crippen molar-refractivity contribution in [1.29, 1.82) is 0 Å². The Labute approximate surface area is 173 Å². The highest BCUT2D eigenvalue weighted by Gasteiger charge is 2.25. The van der Waals surface area contributed by atoms with Crippen LogP contribution < -0.4 is 16.0 Å². The highest BCUT2D eigenvalue weighted by molar-refractivity contribution is 6.08. The number of rotatable bonds is 4. The summed E-state index contributed by atoms with van der Waals surface area (Å²) in [7, 11) is 0. The Bertz CT molecular complexity index is 1130. The van der Waals surface area contributed by atoms with Gasteiger partial charge in [-0.3, -0.25) is 9.78 Å². The highest BCUT2D eigenvalue weighted by atomic mass is 16.4. The monoisotopic (exact) mass is 405 g/mol. The molecule has 3 aromatic rings. The van der Waals surface area contributed by atoms with E-state index in [0.29, 0.717) is 17.0 Å². The van der Waals surface area contributed by atoms with Crippen molar-refractivity contribution in [2.45, 2.75) is 31.7 Å². The summed E-state index contributed by atoms with van der Waals surface area (Å²) in [5, 5.41) is 23.1. The fraction of sp³-hybridized carbons (Fsp3) is 0.318. The van der Waals surface area contributed by atoms with Gasteiger partial charge in [-0.2, -0.15) is 0 Å². The molecule has 5 rings (SSSR count). The van der Waals surface area contributed by atoms with Gasteiger partial charge in [-0.1, -0.05) is 11.2 Å². The standard InChI is InChI=1S/C22H23N5O3/c28-22(26-14-5-8-23-9-6-14)21-20(17-7-10-24-12-19(17)30-21)25-15-2-3-16-13(11-15)1-4-18(16)27-29/h2-3,7,10-12,14,23,25,29H,1,4-6,8-9H2,(H,26,28). The van der Waals surface area contributed by atoms with Gasteiger partial charge in [0, 0.05) is 28.9 Å². The van der Waals surface area contributed by atoms with Crippen LogP contribution >= 0.6 is 0 Å². The van der Waals surface area contributed by atoms with E-state index in [9.17, 15) is 4.79 Å². The normalized spacial score (nSPS) is 17.9. The number of pyridine rings is 1. The summed E-state index contributed by atoms with van der Waals surface area (Å²) >= 11 is 0. The first-order chi connectivity index (χ1) is 14.7. The molecule has 1 fully saturated rings. The van der Waals surface area contributed by atoms with Gasteiger partial charge in [-0.15, -0.1) is 0 Å². The molecular weight excluding hydrogens is 382 g/mol. The number of anilines is 2. The Morgan fingerprint density at radius 3 is 2.93 bits per heavy atom. The van der Waals surface area contributed by atoms with Gasteiger partial charge in [0.1, 0.15) is 0 Å². The number of furan rings is 1. The first-order valence-electron chi connectivity index (χ1n) is 10.2. The maximum absolute atomic E-state index is 13.0. The van der Waals surface area contributed by atoms with Gasteiger partial charge < -0.3 is 25.6 Å². The Morgan fingerprint density at radius 2 is 2.10 bits per heavy atom. The molecule has 0 spiro atoms. The lowest BCUT2D eigenvalue weighted by Crippen LogP contribution is -2.42. The number of nitrogens with one attached hydrogen (secondary N) is 3. The molecule has 1 aliphatic carbocycles. The number of carbonyl (C=O) groups is 1. The van der Waals surface area contributed by atoms with Gasteiger partial charge in [0.05, 0.1) is 17.6 Å². The van der Waals surface area contributed by atoms with Gasteiger partial charge in [0.2, 0.25) is 5.76 Å². The molecule has 8 nitrogen and oxygen atoms in total. The van der Waals surface area contributed by atoms with Crippen LogP contribution in [-0.2, 0) is 6.42 Å². The summed E-state index contributed by atoms with van der Waals surface area (Å²) in [6, 6.07) is 7.87. The van der Waals surface area contributed by atoms with Crippen LogP contribution in [0.25, 0.3) is 11.0 Å². The number of piperidine rings is 1. The minimum atomic E-state index is -0.225. The lowest BCUT2D eigenvalue weighted by molar-refractivity contribution is 0.0905. The van der Waals surface area contributed by atoms with E-state index in [-0.39, 0.29) is 17.7 Å². The number of carbonyl (C=O) groups excluding carboxylic acids is 1. The fourth-order valence-corrected chi connectivity index (χ4v) is 4.25. The average Bonchev–Trinajstić information content (AvgIpc) is 3.36. The lowest BCUT2D eigenvalue weighted by Gasteiger charge is -2.23. The summed E-state index contributed by atoms with van der Waals surface area (Å²) in [6.07, 6.45) is 6.65. The first kappa shape index (κ1) is 18.6. The van der Waals surface area contributed by atoms with Gasteiger partial charge >= 0.3 is 0 Å². The largest absolute Gasteiger partial charge is 0.447 e. The minimum Gasteiger partial charge on any atom is -0.447 e. The molecule has 154 valence electrons. The van der Waals surface area contributed by atoms with E-state index in [1.165, 1.54) is 0 Å². The first-order valence-corrected chi connectivity index (χ1v) is 10.2. The second kappa shape index (κ2) is 7.79. The third-order valence-corrected chi connectivity index (χ3v) is 5.81. The second-order valence-corrected chi connectivity index (χ2v) is 7.72. The van der Waals surface area contributed by atoms with E-state index in [1.807, 2.05) is 24.3 Å². The van der Waals surface area contributed by atoms with Crippen molar-refractivity contribution in [3.05, 3.63) is 53.5 Å². The number of hydrogen-bond acceptors (Lipinski definition) is 7. The summed E-state index contributed by atoms with van der Waals surface area (Å²) in [6.45, 7) is 1.79. The van der Waals surface area contributed by atoms with Crippen molar-refractivity contribution < 1.29 is 14.4 Å². The smallest absolute Gasteiger partial charge is 0.289 e. The second-order valence-electron chi connectivity index (χ2n) is 7.72. The molecule has 0 bridgehead atoms. The SMILES string of the molecule is O=C(NC1CCNCC1)c1oc2cnccc2c1Nc1ccc2c(c1)CCC2=NO. The molecule has 1 saturated heterocycles. The van der Waals surface area contributed by atoms with Crippen LogP contribution in [0.15, 0.2) is 46.2 Å². The highest BCUT2D eigenvalue weighted by Crippen LogP contribution is 2.34. The molecule has 0 unspecified atom stereocenters. The zero-order chi connectivity index (χ0) is 20.5. The lowest BCUT2D eigenvalue weighted by atomic mass is 10.1. The van der Waals surface area contributed by atoms with Crippen molar-refractivity contribution in [3.8, 4) is 0 Å². The third kappa shape index (κ3) is 3.39. The molecule has 2 aliphatic rings. The maximum Gasteiger partial charge on any atom is 0.289 e. The summed E-state index contributed by atoms with van der Waals surface area (Å²) in [4.78, 5) is 17.1. The summed E-state index contributed by atoms with van der Waals surface area (Å²) in [5.74, 6) is 0.0334. The van der Waals surface area contributed by atoms with Gasteiger partial charge in [0.15, 0.2) is 5.58 Å². The predicted molar refractivity (Wildman–Crippen MR) is 114 cm³/mol. The van der Waals surface area contributed by atoms with Crippen LogP contribution in [0.1, 0.15) is 40.9 Å². The van der Waals surface area contributed by atoms with Gasteiger partial charge in [0.25, 0.3) is 5.91 Å². The molecule has 3 heterocycles. The Hall–Kier alpha value is -3.39. The Balaban J connectivity index is 1.47. The van der Waals surface area contributed by atoms with E-state index in [2.05, 4.69) is 26.1 Å². The molecule has 30 heavy (non-hydrogen) atoms. The number of hydrogen-bond donors (Lipinski definition) is 4. The number of aryl methyl sites for hydroxylation is 1. The molecular formula is C22H23N5O3. The van der Waals surface area contributed by atoms with Crippen LogP contribution in [-0.4, -0.2) is 40.9 Å². The topological polar surface area (TPSA) is 112 Å². The predicted octanol–water partition coefficient (Wildman–Crippen LogP) is 3.18. The fourth-order valence-electron chi connectivity index (χ4n) is 4.25. The molecule has 8 heteroatoms. The molecule has 2 aromatic heterocycles. The quantitative estimate of drug-likeness (QED) is 0.392. The number of amides is 1. The molecule has 1 aliphatic heterocycles. The van der Waals surface area contributed by atoms with E-state index < -0.39 is 0 Å². The number of benzene rings is 1. The molecule has 1 aromatic carbocycles. The molecule has 0 radical (unpaired) electrons. The third-order valence-electron chi connectivity index (χ3n) is 5.81. The Kier molecular flexibility index (Phi) is 4.84. The van der Waals surface area contributed by atoms with Crippen LogP contribution in [0, 0.1) is 0 Å². The molecule has 1 amide bonds. The molecule has 0 saturated carbocycles. The number of oxime groups is 1. The van der Waals surface area contributed by atoms with Crippen LogP contribution in [0.5, 0.6) is 0 Å². The van der Waals surface area contributed by atoms with E-state index in [4.69, 9.17) is 9.62 Å². The van der Waals surface area contributed by atoms with Crippen LogP contribution in [0.2, 0.25) is 0 Å². The van der Waals surface area contributed by atoms with Crippen LogP contribution in [0.3, 0.4) is 0 Å². The zero-order valence-electron chi connectivity index (χ0n) is 16.4. The van der Waals surface area contributed by atoms with E-state index >= 15 is 0 Å². The van der Waals surface area contributed by atoms with E-state index in [1.54, 1.807) is 12.4 Å². The average molecular weight is 405 g/mol. The van der Waals surface area contributed by atoms with Crippen molar-refractivity contribution in [1.82, 2.24) is 15.6 Å². The van der Waals surface area contributed by atoms with Gasteiger partial charge in [-0.25, -0.2) is 0 Å². The van der Waals surface area contributed by atoms with Crippen molar-refractivity contribution in [2.75, 3.05) is 18.4 Å². The summed E-state index contributed by atoms with van der Waals surface area (Å²) in [5.41, 5.74) is 4.83. The number of fused-ring (bicyclic) bond motifs is 2. The van der Waals surface area contributed by atoms with E-state index in [0.717, 1.165) is 61.0 Å². The van der Waals surface area contributed by atoms with Crippen molar-refractivity contribution >= 4 is 34.0 Å². The Morgan fingerprint density at radius 1 is 1.23 bits per heavy atom. The number of aromatic nitrogens is 1. The van der Waals surface area contributed by atoms with Crippen molar-refractivity contribution in [3.63, 3.8) is 0 Å². The molecule has 0 atom stereocenters. The summed E-state index contributed by atoms with van der Waals surface area (Å²) < 4.78 is 5.90. The van der Waals surface area contributed by atoms with Crippen LogP contribution in [0.4, 0.5) is 11.4 Å². The maximum atomic E-state index is 13.0. The number of nitrogens with zero attached hydrogens (tertiary/aromatic N) is 2. The molecule has 4 N–H and O–H groups in total. The zero-order valence-corrected chi connectivity index (χ0v) is 16.4. The van der Waals surface area contributed by atoms with Crippen molar-refractivity contribution in [2.24, 2.45) is 5.16 Å².